The Morgan fingerprint density at radius 2 is 0.552 bits per heavy atom. The van der Waals surface area contributed by atoms with Crippen molar-refractivity contribution >= 4 is 233 Å². The van der Waals surface area contributed by atoms with Gasteiger partial charge in [-0.3, -0.25) is 28.8 Å². The van der Waals surface area contributed by atoms with Crippen LogP contribution in [0.3, 0.4) is 0 Å². The van der Waals surface area contributed by atoms with Crippen LogP contribution in [0.15, 0.2) is 134 Å². The number of benzene rings is 5. The molecule has 134 heavy (non-hydrogen) atoms. The molecule has 0 aliphatic heterocycles. The van der Waals surface area contributed by atoms with E-state index in [2.05, 4.69) is 203 Å². The van der Waals surface area contributed by atoms with Gasteiger partial charge in [-0.15, -0.1) is 45.3 Å². The molecule has 0 saturated carbocycles. The van der Waals surface area contributed by atoms with Gasteiger partial charge in [-0.25, -0.2) is 66.1 Å². The predicted octanol–water partition coefficient (Wildman–Crippen LogP) is 17.4. The fourth-order valence-corrected chi connectivity index (χ4v) is 19.8. The number of carbonyl (C=O) groups is 6. The van der Waals surface area contributed by atoms with Gasteiger partial charge in [0.15, 0.2) is 0 Å². The third kappa shape index (κ3) is 32.7. The van der Waals surface area contributed by atoms with Gasteiger partial charge in [0.1, 0.15) is 0 Å². The molecule has 6 unspecified atom stereocenters. The fraction of sp³-hybridized carbons (Fsp3) is 0.146. The Balaban J connectivity index is 0.000000357. The monoisotopic (exact) mass is 2210 g/mol. The largest absolute Gasteiger partial charge is 2.00 e. The van der Waals surface area contributed by atoms with E-state index in [0.717, 1.165) is 164 Å². The van der Waals surface area contributed by atoms with Crippen LogP contribution in [0, 0.1) is 0 Å². The van der Waals surface area contributed by atoms with Gasteiger partial charge >= 0.3 is 111 Å². The van der Waals surface area contributed by atoms with Crippen molar-refractivity contribution in [3.8, 4) is 98.2 Å². The van der Waals surface area contributed by atoms with E-state index in [-0.39, 0.29) is 163 Å². The molecule has 6 atom stereocenters. The van der Waals surface area contributed by atoms with Gasteiger partial charge in [0, 0.05) is 67.9 Å². The van der Waals surface area contributed by atoms with Crippen LogP contribution in [-0.4, -0.2) is 175 Å². The number of ether oxygens (including phenoxy) is 6. The van der Waals surface area contributed by atoms with Crippen LogP contribution >= 0.6 is 96.8 Å². The maximum atomic E-state index is 10.7. The molecule has 3 aliphatic rings. The van der Waals surface area contributed by atoms with Crippen LogP contribution in [0.5, 0.6) is 0 Å². The summed E-state index contributed by atoms with van der Waals surface area (Å²) in [6.45, 7) is 0. The number of aryl methyl sites for hydroxylation is 6. The van der Waals surface area contributed by atoms with Crippen molar-refractivity contribution in [3.63, 3.8) is 0 Å². The summed E-state index contributed by atoms with van der Waals surface area (Å²) in [5.74, 6) is 0. The molecule has 0 fully saturated rings. The fourth-order valence-electron chi connectivity index (χ4n) is 12.6. The smallest absolute Gasteiger partial charge is 0.632 e. The molecule has 0 bridgehead atoms. The molecule has 680 valence electrons. The molecule has 0 spiro atoms. The number of aromatic amines is 6. The van der Waals surface area contributed by atoms with E-state index < -0.39 is 36.6 Å². The molecule has 52 heteroatoms. The molecule has 15 aromatic rings. The van der Waals surface area contributed by atoms with Gasteiger partial charge in [-0.2, -0.15) is 51.5 Å². The van der Waals surface area contributed by atoms with Crippen molar-refractivity contribution in [2.75, 3.05) is 42.7 Å². The first-order valence-electron chi connectivity index (χ1n) is 36.8. The Morgan fingerprint density at radius 1 is 0.299 bits per heavy atom. The maximum absolute atomic E-state index is 10.7. The Kier molecular flexibility index (Phi) is 50.9. The van der Waals surface area contributed by atoms with Gasteiger partial charge in [-0.05, 0) is 137 Å². The second-order valence-electron chi connectivity index (χ2n) is 25.8. The summed E-state index contributed by atoms with van der Waals surface area (Å²) in [6.07, 6.45) is 4.88. The topological polar surface area (TPSA) is 575 Å². The molecule has 5 aromatic carbocycles. The van der Waals surface area contributed by atoms with E-state index in [1.807, 2.05) is 36.2 Å². The number of methoxy groups -OCH3 is 6. The van der Waals surface area contributed by atoms with E-state index in [1.165, 1.54) is 78.3 Å². The first-order chi connectivity index (χ1) is 61.8. The molecule has 3 aliphatic carbocycles. The Labute approximate surface area is 862 Å². The molecule has 36 nitrogen and oxygen atoms in total. The molecule has 18 rings (SSSR count). The second kappa shape index (κ2) is 58.3. The Morgan fingerprint density at radius 3 is 0.910 bits per heavy atom. The van der Waals surface area contributed by atoms with E-state index in [1.54, 1.807) is 63.9 Å². The third-order valence-corrected chi connectivity index (χ3v) is 26.4. The maximum Gasteiger partial charge on any atom is 2.00 e. The Hall–Kier alpha value is -9.33. The van der Waals surface area contributed by atoms with Crippen LogP contribution in [0.2, 0.25) is 0 Å². The first kappa shape index (κ1) is 117. The zero-order chi connectivity index (χ0) is 92.1. The molecule has 6 amide bonds. The summed E-state index contributed by atoms with van der Waals surface area (Å²) < 4.78 is 27.5. The van der Waals surface area contributed by atoms with Crippen LogP contribution in [0.25, 0.3) is 162 Å². The van der Waals surface area contributed by atoms with Crippen molar-refractivity contribution in [1.82, 2.24) is 59.8 Å². The minimum atomic E-state index is -0.995. The van der Waals surface area contributed by atoms with Crippen molar-refractivity contribution in [2.45, 2.75) is 38.5 Å². The van der Waals surface area contributed by atoms with Crippen LogP contribution < -0.4 is 33.4 Å². The summed E-state index contributed by atoms with van der Waals surface area (Å²) in [5, 5.41) is 2.38. The average molecular weight is 2220 g/mol. The van der Waals surface area contributed by atoms with Crippen LogP contribution in [0.4, 0.5) is 28.8 Å². The summed E-state index contributed by atoms with van der Waals surface area (Å²) in [6, 6.07) is 52.9. The first-order valence-corrected chi connectivity index (χ1v) is 46.0. The number of nitrogens with zero attached hydrogens (tertiary/aromatic N) is 6. The minimum absolute atomic E-state index is 0. The van der Waals surface area contributed by atoms with Crippen LogP contribution in [-0.2, 0) is 207 Å². The molecule has 10 aromatic heterocycles. The number of thiophene rings is 4. The van der Waals surface area contributed by atoms with Gasteiger partial charge < -0.3 is 121 Å². The van der Waals surface area contributed by atoms with Crippen molar-refractivity contribution in [3.05, 3.63) is 202 Å². The van der Waals surface area contributed by atoms with Gasteiger partial charge in [0.25, 0.3) is 0 Å². The van der Waals surface area contributed by atoms with E-state index in [4.69, 9.17) is 34.4 Å². The molecule has 6 radical (unpaired) electrons. The summed E-state index contributed by atoms with van der Waals surface area (Å²) in [5.41, 5.74) is 62.0. The molecular weight excluding hydrogens is 2140 g/mol. The molecular formula is C82H70N18O18P6S4V6. The standard InChI is InChI=1S/2C24H16N4O2P2S.C22H14N4O2P2S2.6C2H5NO2.6V/c29-11-31-23-25-10-19(27-23)14-1-2-16-9-21(33-20(16)8-14)15-3-5-17-13(7-15)4-6-18-22(17)28-24(26-18)32-12-30;29-11-31-23-25-10-19(27-23)21-9-16-2-1-14(8-20(16)33-21)13-3-5-17-15(7-13)4-6-18-22(17)28-24(26-18)32-12-30;27-9-29-21-23-8-15(25-21)17-7-19-18(32-17)6-16(31-19)12-1-3-13-11(5-12)2-4-14-20(13)26-22(24-14)30-10-28;6*1-5-2(3)4;;;;;;/h2*1-3,5,7-10,31-32H,4,6H2,(H,25,27)(H,26,28);1,3,5-8,29-30H,2,4H2,(H,23,25)(H,24,26);6*1H3,(H2,3,4);;;;;;/q3*-2;;;;;;;6*+2/p-6. The SMILES string of the molecule is COC([NH-])=O.COC([NH-])=O.COC([NH-])=O.COC([NH-])=O.COC([NH-])=O.COC([NH-])=O.O=[C-]Pc1ncc(-c2cc3ccc(-c4ccc5c(c4)CCc4[nH]c(P[C-]=O)nc4-5)cc3s2)[nH]1.O=[C-]Pc1ncc(-c2cc3sc(-c4ccc5c(c4)CCc4[nH]c(P[C-]=O)nc4-5)cc3s2)[nH]1.O=[C-]Pc1ncc(-c2ccc3cc(-c4ccc5c(c4)CCc4[nH]c(P[C-]=O)nc4-5)sc3c2)[nH]1.[V+2].[V+2].[V+2].[V+2].[V+2].[V+2]. The summed E-state index contributed by atoms with van der Waals surface area (Å²) in [7, 11) is 6.57. The zero-order valence-corrected chi connectivity index (χ0v) is 87.9. The number of rotatable bonds is 18. The van der Waals surface area contributed by atoms with E-state index in [9.17, 15) is 57.5 Å². The average Bonchev–Trinajstić information content (AvgIpc) is 1.60. The van der Waals surface area contributed by atoms with E-state index >= 15 is 0 Å². The van der Waals surface area contributed by atoms with Gasteiger partial charge in [-0.1, -0.05) is 66.7 Å². The summed E-state index contributed by atoms with van der Waals surface area (Å²) in [4.78, 5) is 170. The number of amides is 6. The van der Waals surface area contributed by atoms with Gasteiger partial charge in [0.05, 0.1) is 139 Å². The number of hydrogen-bond acceptors (Lipinski definition) is 28. The number of nitrogens with one attached hydrogen (secondary N) is 12. The van der Waals surface area contributed by atoms with E-state index in [0.29, 0.717) is 33.4 Å². The Bertz CT molecular complexity index is 6270. The number of H-pyrrole nitrogens is 6. The van der Waals surface area contributed by atoms with Crippen molar-refractivity contribution in [2.24, 2.45) is 0 Å². The number of imidazole rings is 6. The van der Waals surface area contributed by atoms with Crippen molar-refractivity contribution in [1.29, 1.82) is 0 Å². The molecule has 10 heterocycles. The molecule has 0 saturated heterocycles. The predicted molar refractivity (Wildman–Crippen MR) is 510 cm³/mol. The third-order valence-electron chi connectivity index (χ3n) is 18.2. The van der Waals surface area contributed by atoms with Crippen LogP contribution in [0.1, 0.15) is 33.8 Å². The number of carbonyl (C=O) groups excluding carboxylic acids is 12. The normalized spacial score (nSPS) is 11.2. The van der Waals surface area contributed by atoms with Gasteiger partial charge in [0.2, 0.25) is 36.6 Å². The minimum Gasteiger partial charge on any atom is -0.632 e. The number of fused-ring (bicyclic) bond motifs is 12. The number of hydrogen-bond donors (Lipinski definition) is 6. The quantitative estimate of drug-likeness (QED) is 0.0264. The second-order valence-corrected chi connectivity index (χ2v) is 35.7. The number of aromatic nitrogens is 12. The molecule has 12 N–H and O–H groups in total. The van der Waals surface area contributed by atoms with Crippen molar-refractivity contribution < 1.29 is 197 Å². The summed E-state index contributed by atoms with van der Waals surface area (Å²) >= 11 is 6.98. The zero-order valence-electron chi connectivity index (χ0n) is 70.3.